The fourth-order valence-corrected chi connectivity index (χ4v) is 2.63. The fraction of sp³-hybridized carbons (Fsp3) is 0.111. The van der Waals surface area contributed by atoms with Crippen LogP contribution in [0.1, 0.15) is 15.9 Å². The average Bonchev–Trinajstić information content (AvgIpc) is 2.98. The zero-order valence-corrected chi connectivity index (χ0v) is 13.1. The highest BCUT2D eigenvalue weighted by Crippen LogP contribution is 2.22. The van der Waals surface area contributed by atoms with Gasteiger partial charge in [0, 0.05) is 28.7 Å². The summed E-state index contributed by atoms with van der Waals surface area (Å²) in [5, 5.41) is 3.93. The van der Waals surface area contributed by atoms with E-state index in [1.54, 1.807) is 24.4 Å². The number of Topliss-reactive ketones (excluding diaryl/α,β-unsaturated/α-hetero) is 1. The van der Waals surface area contributed by atoms with Crippen molar-refractivity contribution >= 4 is 34.2 Å². The number of ketones is 1. The summed E-state index contributed by atoms with van der Waals surface area (Å²) in [6, 6.07) is 14.9. The van der Waals surface area contributed by atoms with Crippen LogP contribution in [0.3, 0.4) is 0 Å². The van der Waals surface area contributed by atoms with Crippen LogP contribution in [0.5, 0.6) is 0 Å². The lowest BCUT2D eigenvalue weighted by molar-refractivity contribution is -0.116. The molecule has 0 radical (unpaired) electrons. The zero-order chi connectivity index (χ0) is 16.2. The Balaban J connectivity index is 1.66. The predicted octanol–water partition coefficient (Wildman–Crippen LogP) is 3.36. The maximum Gasteiger partial charge on any atom is 0.292 e. The van der Waals surface area contributed by atoms with Gasteiger partial charge in [0.25, 0.3) is 11.7 Å². The van der Waals surface area contributed by atoms with E-state index >= 15 is 0 Å². The minimum Gasteiger partial charge on any atom is -0.360 e. The van der Waals surface area contributed by atoms with Crippen molar-refractivity contribution < 1.29 is 9.59 Å². The highest BCUT2D eigenvalue weighted by molar-refractivity contribution is 6.45. The summed E-state index contributed by atoms with van der Waals surface area (Å²) in [6.07, 6.45) is 2.23. The predicted molar refractivity (Wildman–Crippen MR) is 90.8 cm³/mol. The summed E-state index contributed by atoms with van der Waals surface area (Å²) < 4.78 is 0. The van der Waals surface area contributed by atoms with Crippen molar-refractivity contribution in [2.45, 2.75) is 6.42 Å². The molecule has 0 aliphatic carbocycles. The molecule has 3 aromatic rings. The Hall–Kier alpha value is -2.59. The van der Waals surface area contributed by atoms with Gasteiger partial charge in [-0.05, 0) is 24.1 Å². The van der Waals surface area contributed by atoms with Crippen LogP contribution in [0, 0.1) is 0 Å². The van der Waals surface area contributed by atoms with Gasteiger partial charge in [-0.1, -0.05) is 48.0 Å². The number of aromatic nitrogens is 1. The molecule has 4 nitrogen and oxygen atoms in total. The van der Waals surface area contributed by atoms with Crippen LogP contribution in [0.25, 0.3) is 10.9 Å². The molecule has 0 unspecified atom stereocenters. The molecule has 2 aromatic carbocycles. The third-order valence-electron chi connectivity index (χ3n) is 3.64. The van der Waals surface area contributed by atoms with E-state index in [9.17, 15) is 9.59 Å². The van der Waals surface area contributed by atoms with Crippen LogP contribution < -0.4 is 5.32 Å². The van der Waals surface area contributed by atoms with Gasteiger partial charge in [-0.3, -0.25) is 9.59 Å². The highest BCUT2D eigenvalue weighted by atomic mass is 35.5. The number of aromatic amines is 1. The van der Waals surface area contributed by atoms with E-state index in [1.807, 2.05) is 30.3 Å². The number of fused-ring (bicyclic) bond motifs is 1. The van der Waals surface area contributed by atoms with E-state index in [4.69, 9.17) is 11.6 Å². The number of halogens is 1. The second-order valence-electron chi connectivity index (χ2n) is 5.21. The Morgan fingerprint density at radius 3 is 2.65 bits per heavy atom. The Bertz CT molecular complexity index is 856. The maximum atomic E-state index is 12.3. The first-order valence-electron chi connectivity index (χ1n) is 7.28. The molecule has 0 atom stereocenters. The first kappa shape index (κ1) is 15.3. The normalized spacial score (nSPS) is 10.7. The van der Waals surface area contributed by atoms with E-state index in [2.05, 4.69) is 10.3 Å². The number of carbonyl (C=O) groups excluding carboxylic acids is 2. The maximum absolute atomic E-state index is 12.3. The van der Waals surface area contributed by atoms with Gasteiger partial charge in [-0.15, -0.1) is 0 Å². The SMILES string of the molecule is O=C(NCCc1ccccc1)C(=O)c1c[nH]c2cc(Cl)ccc12. The summed E-state index contributed by atoms with van der Waals surface area (Å²) >= 11 is 5.91. The van der Waals surface area contributed by atoms with Gasteiger partial charge in [0.05, 0.1) is 5.56 Å². The molecule has 0 aliphatic rings. The van der Waals surface area contributed by atoms with Crippen LogP contribution in [0.4, 0.5) is 0 Å². The van der Waals surface area contributed by atoms with Gasteiger partial charge >= 0.3 is 0 Å². The quantitative estimate of drug-likeness (QED) is 0.558. The Morgan fingerprint density at radius 2 is 1.87 bits per heavy atom. The smallest absolute Gasteiger partial charge is 0.292 e. The number of carbonyl (C=O) groups is 2. The highest BCUT2D eigenvalue weighted by Gasteiger charge is 2.19. The largest absolute Gasteiger partial charge is 0.360 e. The molecule has 1 aromatic heterocycles. The van der Waals surface area contributed by atoms with Gasteiger partial charge in [-0.25, -0.2) is 0 Å². The minimum atomic E-state index is -0.600. The van der Waals surface area contributed by atoms with Gasteiger partial charge in [0.1, 0.15) is 0 Å². The molecule has 1 amide bonds. The molecule has 0 saturated heterocycles. The molecular formula is C18H15ClN2O2. The molecule has 0 fully saturated rings. The monoisotopic (exact) mass is 326 g/mol. The van der Waals surface area contributed by atoms with Crippen LogP contribution in [-0.2, 0) is 11.2 Å². The van der Waals surface area contributed by atoms with Crippen LogP contribution in [0.15, 0.2) is 54.7 Å². The molecule has 2 N–H and O–H groups in total. The third kappa shape index (κ3) is 3.43. The second-order valence-corrected chi connectivity index (χ2v) is 5.65. The van der Waals surface area contributed by atoms with Gasteiger partial charge in [-0.2, -0.15) is 0 Å². The number of nitrogens with one attached hydrogen (secondary N) is 2. The molecule has 0 saturated carbocycles. The Labute approximate surface area is 138 Å². The molecule has 3 rings (SSSR count). The molecule has 1 heterocycles. The van der Waals surface area contributed by atoms with Crippen molar-refractivity contribution in [1.29, 1.82) is 0 Å². The second kappa shape index (κ2) is 6.67. The summed E-state index contributed by atoms with van der Waals surface area (Å²) in [5.74, 6) is -1.15. The molecule has 5 heteroatoms. The summed E-state index contributed by atoms with van der Waals surface area (Å²) in [7, 11) is 0. The lowest BCUT2D eigenvalue weighted by atomic mass is 10.1. The molecule has 116 valence electrons. The number of benzene rings is 2. The Kier molecular flexibility index (Phi) is 4.44. The molecule has 23 heavy (non-hydrogen) atoms. The lowest BCUT2D eigenvalue weighted by Gasteiger charge is -2.04. The number of rotatable bonds is 5. The van der Waals surface area contributed by atoms with Crippen molar-refractivity contribution in [2.24, 2.45) is 0 Å². The minimum absolute atomic E-state index is 0.355. The molecular weight excluding hydrogens is 312 g/mol. The molecule has 0 spiro atoms. The topological polar surface area (TPSA) is 62.0 Å². The van der Waals surface area contributed by atoms with Crippen LogP contribution in [0.2, 0.25) is 5.02 Å². The van der Waals surface area contributed by atoms with E-state index < -0.39 is 11.7 Å². The van der Waals surface area contributed by atoms with Crippen molar-refractivity contribution in [1.82, 2.24) is 10.3 Å². The molecule has 0 bridgehead atoms. The first-order chi connectivity index (χ1) is 11.1. The van der Waals surface area contributed by atoms with Crippen molar-refractivity contribution in [2.75, 3.05) is 6.54 Å². The number of H-pyrrole nitrogens is 1. The van der Waals surface area contributed by atoms with Gasteiger partial charge < -0.3 is 10.3 Å². The van der Waals surface area contributed by atoms with Crippen LogP contribution in [-0.4, -0.2) is 23.2 Å². The number of amides is 1. The Morgan fingerprint density at radius 1 is 1.09 bits per heavy atom. The average molecular weight is 327 g/mol. The zero-order valence-electron chi connectivity index (χ0n) is 12.3. The standard InChI is InChI=1S/C18H15ClN2O2/c19-13-6-7-14-15(11-21-16(14)10-13)17(22)18(23)20-9-8-12-4-2-1-3-5-12/h1-7,10-11,21H,8-9H2,(H,20,23). The number of hydrogen-bond acceptors (Lipinski definition) is 2. The van der Waals surface area contributed by atoms with Crippen molar-refractivity contribution in [3.05, 3.63) is 70.9 Å². The van der Waals surface area contributed by atoms with Gasteiger partial charge in [0.15, 0.2) is 0 Å². The van der Waals surface area contributed by atoms with Crippen LogP contribution >= 0.6 is 11.6 Å². The van der Waals surface area contributed by atoms with Crippen molar-refractivity contribution in [3.63, 3.8) is 0 Å². The van der Waals surface area contributed by atoms with E-state index in [1.165, 1.54) is 0 Å². The fourth-order valence-electron chi connectivity index (χ4n) is 2.45. The molecule has 0 aliphatic heterocycles. The lowest BCUT2D eigenvalue weighted by Crippen LogP contribution is -2.32. The van der Waals surface area contributed by atoms with E-state index in [0.717, 1.165) is 11.1 Å². The summed E-state index contributed by atoms with van der Waals surface area (Å²) in [4.78, 5) is 27.3. The van der Waals surface area contributed by atoms with Crippen molar-refractivity contribution in [3.8, 4) is 0 Å². The van der Waals surface area contributed by atoms with E-state index in [0.29, 0.717) is 28.9 Å². The van der Waals surface area contributed by atoms with Gasteiger partial charge in [0.2, 0.25) is 0 Å². The number of hydrogen-bond donors (Lipinski definition) is 2. The summed E-state index contributed by atoms with van der Waals surface area (Å²) in [5.41, 5.74) is 2.20. The summed E-state index contributed by atoms with van der Waals surface area (Å²) in [6.45, 7) is 0.419. The first-order valence-corrected chi connectivity index (χ1v) is 7.66. The van der Waals surface area contributed by atoms with E-state index in [-0.39, 0.29) is 0 Å². The third-order valence-corrected chi connectivity index (χ3v) is 3.87.